The highest BCUT2D eigenvalue weighted by Gasteiger charge is 2.37. The van der Waals surface area contributed by atoms with Gasteiger partial charge in [0.05, 0.1) is 4.91 Å². The van der Waals surface area contributed by atoms with Crippen LogP contribution in [0, 0.1) is 6.92 Å². The molecule has 2 heterocycles. The quantitative estimate of drug-likeness (QED) is 0.521. The second-order valence-electron chi connectivity index (χ2n) is 9.57. The molecule has 1 N–H and O–H groups in total. The van der Waals surface area contributed by atoms with Crippen LogP contribution in [0.1, 0.15) is 49.8 Å². The van der Waals surface area contributed by atoms with Gasteiger partial charge < -0.3 is 10.2 Å². The van der Waals surface area contributed by atoms with Gasteiger partial charge in [-0.25, -0.2) is 0 Å². The molecule has 0 spiro atoms. The average Bonchev–Trinajstić information content (AvgIpc) is 3.02. The molecule has 1 atom stereocenters. The van der Waals surface area contributed by atoms with Crippen molar-refractivity contribution in [1.82, 2.24) is 4.90 Å². The molecule has 8 heteroatoms. The molecule has 0 saturated carbocycles. The zero-order valence-corrected chi connectivity index (χ0v) is 21.5. The minimum absolute atomic E-state index is 0.0651. The number of imide groups is 1. The summed E-state index contributed by atoms with van der Waals surface area (Å²) in [6.07, 6.45) is 2.79. The van der Waals surface area contributed by atoms with Crippen LogP contribution in [-0.4, -0.2) is 41.1 Å². The summed E-state index contributed by atoms with van der Waals surface area (Å²) < 4.78 is 0. The molecule has 0 bridgehead atoms. The van der Waals surface area contributed by atoms with Crippen molar-refractivity contribution in [3.63, 3.8) is 0 Å². The van der Waals surface area contributed by atoms with Crippen LogP contribution >= 0.6 is 23.4 Å². The van der Waals surface area contributed by atoms with Gasteiger partial charge in [-0.05, 0) is 104 Å². The summed E-state index contributed by atoms with van der Waals surface area (Å²) >= 11 is 6.73. The number of amides is 3. The molecule has 1 fully saturated rings. The maximum atomic E-state index is 13.0. The van der Waals surface area contributed by atoms with Gasteiger partial charge in [0, 0.05) is 29.0 Å². The number of hydrogen-bond donors (Lipinski definition) is 1. The molecule has 0 radical (unpaired) electrons. The van der Waals surface area contributed by atoms with E-state index in [0.717, 1.165) is 34.2 Å². The van der Waals surface area contributed by atoms with E-state index in [-0.39, 0.29) is 12.1 Å². The van der Waals surface area contributed by atoms with E-state index >= 15 is 0 Å². The molecule has 1 saturated heterocycles. The van der Waals surface area contributed by atoms with Crippen LogP contribution in [0.3, 0.4) is 0 Å². The minimum Gasteiger partial charge on any atom is -0.369 e. The zero-order chi connectivity index (χ0) is 24.8. The molecular formula is C26H28ClN3O3S. The van der Waals surface area contributed by atoms with Gasteiger partial charge in [0.1, 0.15) is 6.54 Å². The van der Waals surface area contributed by atoms with Gasteiger partial charge in [-0.1, -0.05) is 18.5 Å². The Kier molecular flexibility index (Phi) is 6.53. The van der Waals surface area contributed by atoms with Gasteiger partial charge in [-0.15, -0.1) is 0 Å². The summed E-state index contributed by atoms with van der Waals surface area (Å²) in [5, 5.41) is 2.78. The van der Waals surface area contributed by atoms with Crippen LogP contribution in [0.2, 0.25) is 5.02 Å². The maximum Gasteiger partial charge on any atom is 0.294 e. The topological polar surface area (TPSA) is 69.7 Å². The van der Waals surface area contributed by atoms with Crippen molar-refractivity contribution in [2.24, 2.45) is 0 Å². The molecule has 2 aliphatic rings. The van der Waals surface area contributed by atoms with Gasteiger partial charge in [-0.2, -0.15) is 0 Å². The second-order valence-corrected chi connectivity index (χ2v) is 11.0. The highest BCUT2D eigenvalue weighted by molar-refractivity contribution is 8.18. The molecule has 1 unspecified atom stereocenters. The van der Waals surface area contributed by atoms with E-state index in [1.807, 2.05) is 6.92 Å². The van der Waals surface area contributed by atoms with E-state index in [1.54, 1.807) is 30.3 Å². The fraction of sp³-hybridized carbons (Fsp3) is 0.346. The smallest absolute Gasteiger partial charge is 0.294 e. The van der Waals surface area contributed by atoms with Crippen LogP contribution in [0.5, 0.6) is 0 Å². The Bertz CT molecular complexity index is 1210. The predicted octanol–water partition coefficient (Wildman–Crippen LogP) is 6.05. The van der Waals surface area contributed by atoms with Gasteiger partial charge in [0.15, 0.2) is 0 Å². The van der Waals surface area contributed by atoms with Crippen molar-refractivity contribution in [3.05, 3.63) is 63.0 Å². The van der Waals surface area contributed by atoms with Crippen molar-refractivity contribution in [2.75, 3.05) is 23.8 Å². The third-order valence-corrected chi connectivity index (χ3v) is 7.77. The van der Waals surface area contributed by atoms with Crippen molar-refractivity contribution in [3.8, 4) is 0 Å². The van der Waals surface area contributed by atoms with Crippen LogP contribution in [0.15, 0.2) is 41.3 Å². The van der Waals surface area contributed by atoms with Gasteiger partial charge in [0.25, 0.3) is 11.1 Å². The van der Waals surface area contributed by atoms with Crippen molar-refractivity contribution in [2.45, 2.75) is 45.6 Å². The Hall–Kier alpha value is -2.77. The Morgan fingerprint density at radius 1 is 1.24 bits per heavy atom. The molecule has 4 rings (SSSR count). The van der Waals surface area contributed by atoms with Crippen LogP contribution in [0.25, 0.3) is 6.08 Å². The number of fused-ring (bicyclic) bond motifs is 1. The summed E-state index contributed by atoms with van der Waals surface area (Å²) in [4.78, 5) is 41.5. The number of nitrogens with zero attached hydrogens (tertiary/aromatic N) is 2. The Morgan fingerprint density at radius 2 is 1.91 bits per heavy atom. The van der Waals surface area contributed by atoms with Crippen molar-refractivity contribution in [1.29, 1.82) is 0 Å². The highest BCUT2D eigenvalue weighted by atomic mass is 35.5. The summed E-state index contributed by atoms with van der Waals surface area (Å²) in [5.74, 6) is -0.527. The van der Waals surface area contributed by atoms with Gasteiger partial charge >= 0.3 is 0 Å². The number of thioether (sulfide) groups is 1. The van der Waals surface area contributed by atoms with Gasteiger partial charge in [-0.3, -0.25) is 19.3 Å². The first-order chi connectivity index (χ1) is 16.0. The van der Waals surface area contributed by atoms with Crippen LogP contribution in [-0.2, 0) is 9.59 Å². The molecule has 0 aliphatic carbocycles. The van der Waals surface area contributed by atoms with Crippen molar-refractivity contribution >= 4 is 57.9 Å². The summed E-state index contributed by atoms with van der Waals surface area (Å²) in [7, 11) is 2.12. The largest absolute Gasteiger partial charge is 0.369 e. The molecule has 6 nitrogen and oxygen atoms in total. The predicted molar refractivity (Wildman–Crippen MR) is 139 cm³/mol. The molecule has 2 aliphatic heterocycles. The monoisotopic (exact) mass is 497 g/mol. The fourth-order valence-corrected chi connectivity index (χ4v) is 5.50. The highest BCUT2D eigenvalue weighted by Crippen LogP contribution is 2.44. The molecule has 3 amide bonds. The van der Waals surface area contributed by atoms with E-state index in [1.165, 1.54) is 11.3 Å². The maximum absolute atomic E-state index is 13.0. The first kappa shape index (κ1) is 24.4. The fourth-order valence-electron chi connectivity index (χ4n) is 4.54. The lowest BCUT2D eigenvalue weighted by atomic mass is 9.79. The van der Waals surface area contributed by atoms with Crippen molar-refractivity contribution < 1.29 is 14.4 Å². The summed E-state index contributed by atoms with van der Waals surface area (Å²) in [5.41, 5.74) is 4.99. The lowest BCUT2D eigenvalue weighted by Gasteiger charge is -2.45. The normalized spacial score (nSPS) is 20.6. The van der Waals surface area contributed by atoms with E-state index in [0.29, 0.717) is 21.5 Å². The second kappa shape index (κ2) is 9.12. The van der Waals surface area contributed by atoms with E-state index in [4.69, 9.17) is 11.6 Å². The number of nitrogens with one attached hydrogen (secondary N) is 1. The Morgan fingerprint density at radius 3 is 2.59 bits per heavy atom. The number of halogens is 1. The zero-order valence-electron chi connectivity index (χ0n) is 19.9. The first-order valence-corrected chi connectivity index (χ1v) is 12.3. The SMILES string of the molecule is Cc1cc2c(cc1/C=C1/SC(=O)N(CC(=O)Nc3ccc(Cl)cc3)C1=O)C(C)CC(C)(C)N2C. The Labute approximate surface area is 209 Å². The minimum atomic E-state index is -0.454. The van der Waals surface area contributed by atoms with E-state index in [2.05, 4.69) is 50.2 Å². The molecular weight excluding hydrogens is 470 g/mol. The van der Waals surface area contributed by atoms with Crippen LogP contribution in [0.4, 0.5) is 16.2 Å². The molecule has 0 aromatic heterocycles. The van der Waals surface area contributed by atoms with E-state index < -0.39 is 17.1 Å². The molecule has 34 heavy (non-hydrogen) atoms. The summed E-state index contributed by atoms with van der Waals surface area (Å²) in [6, 6.07) is 10.9. The number of rotatable bonds is 4. The first-order valence-electron chi connectivity index (χ1n) is 11.2. The molecule has 178 valence electrons. The molecule has 2 aromatic rings. The third kappa shape index (κ3) is 4.72. The molecule has 2 aromatic carbocycles. The van der Waals surface area contributed by atoms with E-state index in [9.17, 15) is 14.4 Å². The number of anilines is 2. The lowest BCUT2D eigenvalue weighted by molar-refractivity contribution is -0.127. The number of aryl methyl sites for hydroxylation is 1. The number of carbonyl (C=O) groups is 3. The number of hydrogen-bond acceptors (Lipinski definition) is 5. The average molecular weight is 498 g/mol. The van der Waals surface area contributed by atoms with Gasteiger partial charge in [0.2, 0.25) is 5.91 Å². The third-order valence-electron chi connectivity index (χ3n) is 6.61. The Balaban J connectivity index is 1.54. The lowest BCUT2D eigenvalue weighted by Crippen LogP contribution is -2.45. The number of benzene rings is 2. The standard InChI is InChI=1S/C26H28ClN3O3S/c1-15-10-21-20(16(2)13-26(3,4)29(21)5)11-17(15)12-22-24(32)30(25(33)34-22)14-23(31)28-19-8-6-18(27)7-9-19/h6-12,16H,13-14H2,1-5H3,(H,28,31)/b22-12+. The summed E-state index contributed by atoms with van der Waals surface area (Å²) in [6.45, 7) is 8.38. The van der Waals surface area contributed by atoms with Crippen LogP contribution < -0.4 is 10.2 Å². The number of carbonyl (C=O) groups excluding carboxylic acids is 3.